The van der Waals surface area contributed by atoms with Crippen LogP contribution in [0.4, 0.5) is 0 Å². The van der Waals surface area contributed by atoms with Gasteiger partial charge in [-0.05, 0) is 30.9 Å². The number of para-hydroxylation sites is 1. The van der Waals surface area contributed by atoms with Crippen molar-refractivity contribution < 1.29 is 24.5 Å². The number of aliphatic carboxylic acids is 2. The molecule has 1 fully saturated rings. The van der Waals surface area contributed by atoms with Crippen molar-refractivity contribution in [3.05, 3.63) is 29.8 Å². The van der Waals surface area contributed by atoms with Crippen molar-refractivity contribution in [2.45, 2.75) is 24.8 Å². The van der Waals surface area contributed by atoms with E-state index in [2.05, 4.69) is 0 Å². The van der Waals surface area contributed by atoms with Crippen molar-refractivity contribution >= 4 is 11.9 Å². The fourth-order valence-corrected chi connectivity index (χ4v) is 2.74. The summed E-state index contributed by atoms with van der Waals surface area (Å²) in [5, 5.41) is 18.4. The highest BCUT2D eigenvalue weighted by molar-refractivity contribution is 5.83. The molecule has 114 valence electrons. The summed E-state index contributed by atoms with van der Waals surface area (Å²) < 4.78 is 5.22. The smallest absolute Gasteiger partial charge is 0.324 e. The molecular weight excluding hydrogens is 274 g/mol. The molecule has 1 aromatic rings. The van der Waals surface area contributed by atoms with E-state index in [1.54, 1.807) is 13.2 Å². The highest BCUT2D eigenvalue weighted by atomic mass is 16.5. The van der Waals surface area contributed by atoms with Gasteiger partial charge in [0, 0.05) is 5.92 Å². The quantitative estimate of drug-likeness (QED) is 0.695. The average Bonchev–Trinajstić information content (AvgIpc) is 3.25. The minimum absolute atomic E-state index is 0.178. The van der Waals surface area contributed by atoms with Crippen LogP contribution in [0.25, 0.3) is 0 Å². The first kappa shape index (κ1) is 15.3. The zero-order chi connectivity index (χ0) is 15.6. The van der Waals surface area contributed by atoms with E-state index in [0.29, 0.717) is 18.6 Å². The first-order valence-corrected chi connectivity index (χ1v) is 6.77. The molecule has 0 heterocycles. The average molecular weight is 293 g/mol. The number of carbonyl (C=O) groups is 2. The van der Waals surface area contributed by atoms with Crippen molar-refractivity contribution in [1.29, 1.82) is 0 Å². The Morgan fingerprint density at radius 1 is 1.38 bits per heavy atom. The molecule has 4 N–H and O–H groups in total. The van der Waals surface area contributed by atoms with Gasteiger partial charge in [0.2, 0.25) is 0 Å². The van der Waals surface area contributed by atoms with E-state index in [-0.39, 0.29) is 6.42 Å². The Balaban J connectivity index is 2.11. The zero-order valence-corrected chi connectivity index (χ0v) is 11.8. The van der Waals surface area contributed by atoms with E-state index in [1.165, 1.54) is 0 Å². The summed E-state index contributed by atoms with van der Waals surface area (Å²) in [7, 11) is 1.55. The highest BCUT2D eigenvalue weighted by Gasteiger charge is 2.58. The number of ether oxygens (including phenoxy) is 1. The predicted octanol–water partition coefficient (Wildman–Crippen LogP) is 1.13. The second kappa shape index (κ2) is 5.73. The van der Waals surface area contributed by atoms with Crippen LogP contribution < -0.4 is 10.5 Å². The van der Waals surface area contributed by atoms with Gasteiger partial charge in [-0.1, -0.05) is 18.2 Å². The van der Waals surface area contributed by atoms with E-state index in [0.717, 1.165) is 5.56 Å². The monoisotopic (exact) mass is 293 g/mol. The van der Waals surface area contributed by atoms with Gasteiger partial charge >= 0.3 is 11.9 Å². The standard InChI is InChI=1S/C15H19NO5/c1-21-12-5-3-2-4-9(12)6-7-15(16,14(19)20)11-8-10(11)13(17)18/h2-5,10-11H,6-8,16H2,1H3,(H,17,18)(H,19,20)/t10-,11?,15+/m0/s1. The summed E-state index contributed by atoms with van der Waals surface area (Å²) in [6.45, 7) is 0. The first-order valence-electron chi connectivity index (χ1n) is 6.77. The molecule has 0 saturated heterocycles. The van der Waals surface area contributed by atoms with Crippen LogP contribution in [0.3, 0.4) is 0 Å². The van der Waals surface area contributed by atoms with Crippen molar-refractivity contribution in [3.8, 4) is 5.75 Å². The molecular formula is C15H19NO5. The fraction of sp³-hybridized carbons (Fsp3) is 0.467. The molecule has 0 aromatic heterocycles. The Kier molecular flexibility index (Phi) is 4.18. The minimum Gasteiger partial charge on any atom is -0.496 e. The number of carboxylic acid groups (broad SMARTS) is 2. The lowest BCUT2D eigenvalue weighted by Crippen LogP contribution is -2.51. The van der Waals surface area contributed by atoms with Crippen LogP contribution in [-0.2, 0) is 16.0 Å². The van der Waals surface area contributed by atoms with Crippen LogP contribution in [0.5, 0.6) is 5.75 Å². The number of nitrogens with two attached hydrogens (primary N) is 1. The van der Waals surface area contributed by atoms with E-state index >= 15 is 0 Å². The van der Waals surface area contributed by atoms with E-state index in [4.69, 9.17) is 15.6 Å². The molecule has 3 atom stereocenters. The number of hydrogen-bond acceptors (Lipinski definition) is 4. The Labute approximate surface area is 122 Å². The topological polar surface area (TPSA) is 110 Å². The molecule has 0 spiro atoms. The molecule has 21 heavy (non-hydrogen) atoms. The summed E-state index contributed by atoms with van der Waals surface area (Å²) in [5.41, 5.74) is 5.36. The highest BCUT2D eigenvalue weighted by Crippen LogP contribution is 2.47. The van der Waals surface area contributed by atoms with Gasteiger partial charge in [-0.2, -0.15) is 0 Å². The fourth-order valence-electron chi connectivity index (χ4n) is 2.74. The van der Waals surface area contributed by atoms with Gasteiger partial charge in [0.1, 0.15) is 11.3 Å². The van der Waals surface area contributed by atoms with Gasteiger partial charge in [0.15, 0.2) is 0 Å². The lowest BCUT2D eigenvalue weighted by Gasteiger charge is -2.25. The maximum absolute atomic E-state index is 11.5. The van der Waals surface area contributed by atoms with Crippen LogP contribution in [0.1, 0.15) is 18.4 Å². The predicted molar refractivity (Wildman–Crippen MR) is 75.1 cm³/mol. The van der Waals surface area contributed by atoms with Crippen LogP contribution >= 0.6 is 0 Å². The van der Waals surface area contributed by atoms with E-state index in [9.17, 15) is 14.7 Å². The first-order chi connectivity index (χ1) is 9.90. The van der Waals surface area contributed by atoms with Gasteiger partial charge in [-0.15, -0.1) is 0 Å². The second-order valence-corrected chi connectivity index (χ2v) is 5.44. The van der Waals surface area contributed by atoms with Gasteiger partial charge in [0.05, 0.1) is 13.0 Å². The third-order valence-corrected chi connectivity index (χ3v) is 4.17. The normalized spacial score (nSPS) is 23.1. The molecule has 0 amide bonds. The van der Waals surface area contributed by atoms with Gasteiger partial charge < -0.3 is 20.7 Å². The third-order valence-electron chi connectivity index (χ3n) is 4.17. The maximum atomic E-state index is 11.5. The number of carboxylic acids is 2. The molecule has 1 aliphatic rings. The molecule has 1 saturated carbocycles. The lowest BCUT2D eigenvalue weighted by molar-refractivity contribution is -0.145. The van der Waals surface area contributed by atoms with Crippen LogP contribution in [-0.4, -0.2) is 34.8 Å². The van der Waals surface area contributed by atoms with E-state index < -0.39 is 29.3 Å². The number of hydrogen-bond donors (Lipinski definition) is 3. The minimum atomic E-state index is -1.51. The number of methoxy groups -OCH3 is 1. The van der Waals surface area contributed by atoms with Crippen LogP contribution in [0, 0.1) is 11.8 Å². The molecule has 2 rings (SSSR count). The van der Waals surface area contributed by atoms with Crippen molar-refractivity contribution in [2.75, 3.05) is 7.11 Å². The van der Waals surface area contributed by atoms with Gasteiger partial charge in [-0.3, -0.25) is 9.59 Å². The van der Waals surface area contributed by atoms with E-state index in [1.807, 2.05) is 18.2 Å². The van der Waals surface area contributed by atoms with Gasteiger partial charge in [-0.25, -0.2) is 0 Å². The molecule has 0 radical (unpaired) electrons. The van der Waals surface area contributed by atoms with Crippen molar-refractivity contribution in [1.82, 2.24) is 0 Å². The van der Waals surface area contributed by atoms with Crippen LogP contribution in [0.15, 0.2) is 24.3 Å². The summed E-state index contributed by atoms with van der Waals surface area (Å²) in [5.74, 6) is -2.61. The van der Waals surface area contributed by atoms with Gasteiger partial charge in [0.25, 0.3) is 0 Å². The molecule has 1 aromatic carbocycles. The maximum Gasteiger partial charge on any atom is 0.324 e. The van der Waals surface area contributed by atoms with Crippen molar-refractivity contribution in [2.24, 2.45) is 17.6 Å². The Morgan fingerprint density at radius 3 is 2.57 bits per heavy atom. The molecule has 1 unspecified atom stereocenters. The molecule has 6 heteroatoms. The largest absolute Gasteiger partial charge is 0.496 e. The summed E-state index contributed by atoms with van der Waals surface area (Å²) in [6, 6.07) is 7.32. The Hall–Kier alpha value is -2.08. The lowest BCUT2D eigenvalue weighted by atomic mass is 9.86. The molecule has 1 aliphatic carbocycles. The molecule has 6 nitrogen and oxygen atoms in total. The number of rotatable bonds is 7. The summed E-state index contributed by atoms with van der Waals surface area (Å²) >= 11 is 0. The number of benzene rings is 1. The Morgan fingerprint density at radius 2 is 2.05 bits per heavy atom. The summed E-state index contributed by atoms with van der Waals surface area (Å²) in [6.07, 6.45) is 0.927. The number of aryl methyl sites for hydroxylation is 1. The SMILES string of the molecule is COc1ccccc1CC[C@](N)(C(=O)O)C1C[C@@H]1C(=O)O. The molecule has 0 bridgehead atoms. The van der Waals surface area contributed by atoms with Crippen molar-refractivity contribution in [3.63, 3.8) is 0 Å². The van der Waals surface area contributed by atoms with Crippen LogP contribution in [0.2, 0.25) is 0 Å². The second-order valence-electron chi connectivity index (χ2n) is 5.44. The summed E-state index contributed by atoms with van der Waals surface area (Å²) in [4.78, 5) is 22.4. The Bertz CT molecular complexity index is 559. The molecule has 0 aliphatic heterocycles. The zero-order valence-electron chi connectivity index (χ0n) is 11.8. The third kappa shape index (κ3) is 3.00.